The van der Waals surface area contributed by atoms with E-state index in [0.717, 1.165) is 5.56 Å². The van der Waals surface area contributed by atoms with Crippen molar-refractivity contribution >= 4 is 11.7 Å². The van der Waals surface area contributed by atoms with Crippen LogP contribution in [0.2, 0.25) is 0 Å². The number of hydrogen-bond donors (Lipinski definition) is 2. The van der Waals surface area contributed by atoms with E-state index in [2.05, 4.69) is 20.4 Å². The lowest BCUT2D eigenvalue weighted by Crippen LogP contribution is -2.17. The highest BCUT2D eigenvalue weighted by Gasteiger charge is 2.16. The van der Waals surface area contributed by atoms with Crippen molar-refractivity contribution in [2.24, 2.45) is 0 Å². The van der Waals surface area contributed by atoms with Crippen molar-refractivity contribution in [3.63, 3.8) is 0 Å². The maximum atomic E-state index is 12.2. The number of anilines is 1. The Bertz CT molecular complexity index is 1140. The number of rotatable bonds is 4. The molecule has 134 valence electrons. The van der Waals surface area contributed by atoms with Crippen molar-refractivity contribution in [3.05, 3.63) is 71.2 Å². The molecule has 0 saturated carbocycles. The minimum atomic E-state index is -0.331. The summed E-state index contributed by atoms with van der Waals surface area (Å²) in [7, 11) is 0. The zero-order chi connectivity index (χ0) is 18.8. The molecule has 0 radical (unpaired) electrons. The highest BCUT2D eigenvalue weighted by Crippen LogP contribution is 2.24. The van der Waals surface area contributed by atoms with E-state index in [-0.39, 0.29) is 17.4 Å². The van der Waals surface area contributed by atoms with Gasteiger partial charge in [-0.2, -0.15) is 9.78 Å². The van der Waals surface area contributed by atoms with Crippen LogP contribution in [0.3, 0.4) is 0 Å². The Hall–Kier alpha value is -3.94. The second-order valence-corrected chi connectivity index (χ2v) is 5.81. The Morgan fingerprint density at radius 1 is 1.11 bits per heavy atom. The van der Waals surface area contributed by atoms with E-state index in [9.17, 15) is 9.59 Å². The lowest BCUT2D eigenvalue weighted by Gasteiger charge is -2.08. The Kier molecular flexibility index (Phi) is 4.13. The third-order valence-electron chi connectivity index (χ3n) is 3.79. The summed E-state index contributed by atoms with van der Waals surface area (Å²) in [6, 6.07) is 15.9. The van der Waals surface area contributed by atoms with Crippen LogP contribution in [0.5, 0.6) is 0 Å². The summed E-state index contributed by atoms with van der Waals surface area (Å²) >= 11 is 0. The standard InChI is InChI=1S/C19H15N5O3/c1-12(25)20-17-10-15(16-8-5-9-27-16)23-24(17)19-21-14(11-18(26)22-19)13-6-3-2-4-7-13/h2-11H,1H3,(H,20,25)(H,21,22,26). The number of aromatic nitrogens is 4. The van der Waals surface area contributed by atoms with E-state index in [1.165, 1.54) is 23.9 Å². The van der Waals surface area contributed by atoms with Gasteiger partial charge in [-0.25, -0.2) is 4.98 Å². The molecule has 3 heterocycles. The van der Waals surface area contributed by atoms with Crippen molar-refractivity contribution < 1.29 is 9.21 Å². The van der Waals surface area contributed by atoms with Gasteiger partial charge in [-0.05, 0) is 12.1 Å². The molecule has 2 N–H and O–H groups in total. The summed E-state index contributed by atoms with van der Waals surface area (Å²) < 4.78 is 6.73. The highest BCUT2D eigenvalue weighted by atomic mass is 16.3. The average Bonchev–Trinajstić information content (AvgIpc) is 3.31. The molecule has 0 saturated heterocycles. The fraction of sp³-hybridized carbons (Fsp3) is 0.0526. The number of carbonyl (C=O) groups is 1. The molecule has 0 aliphatic rings. The molecule has 4 aromatic rings. The number of amides is 1. The van der Waals surface area contributed by atoms with E-state index in [0.29, 0.717) is 23.0 Å². The normalized spacial score (nSPS) is 10.7. The Morgan fingerprint density at radius 3 is 2.63 bits per heavy atom. The van der Waals surface area contributed by atoms with E-state index < -0.39 is 0 Å². The van der Waals surface area contributed by atoms with Crippen molar-refractivity contribution in [2.75, 3.05) is 5.32 Å². The van der Waals surface area contributed by atoms with Crippen LogP contribution >= 0.6 is 0 Å². The SMILES string of the molecule is CC(=O)Nc1cc(-c2ccco2)nn1-c1nc(-c2ccccc2)cc(=O)[nH]1. The average molecular weight is 361 g/mol. The number of nitrogens with zero attached hydrogens (tertiary/aromatic N) is 3. The quantitative estimate of drug-likeness (QED) is 0.581. The van der Waals surface area contributed by atoms with Crippen LogP contribution in [0.4, 0.5) is 5.82 Å². The molecule has 0 atom stereocenters. The van der Waals surface area contributed by atoms with Crippen LogP contribution in [0.25, 0.3) is 28.7 Å². The summed E-state index contributed by atoms with van der Waals surface area (Å²) in [5.74, 6) is 0.802. The lowest BCUT2D eigenvalue weighted by atomic mass is 10.1. The summed E-state index contributed by atoms with van der Waals surface area (Å²) in [6.45, 7) is 1.39. The highest BCUT2D eigenvalue weighted by molar-refractivity contribution is 5.88. The predicted octanol–water partition coefficient (Wildman–Crippen LogP) is 2.84. The number of nitrogens with one attached hydrogen (secondary N) is 2. The lowest BCUT2D eigenvalue weighted by molar-refractivity contribution is -0.114. The molecule has 27 heavy (non-hydrogen) atoms. The van der Waals surface area contributed by atoms with Crippen LogP contribution < -0.4 is 10.9 Å². The fourth-order valence-electron chi connectivity index (χ4n) is 2.66. The first kappa shape index (κ1) is 16.5. The molecule has 0 spiro atoms. The molecule has 3 aromatic heterocycles. The number of hydrogen-bond acceptors (Lipinski definition) is 5. The molecule has 0 aliphatic heterocycles. The minimum Gasteiger partial charge on any atom is -0.463 e. The zero-order valence-corrected chi connectivity index (χ0v) is 14.3. The summed E-state index contributed by atoms with van der Waals surface area (Å²) in [5, 5.41) is 7.12. The molecule has 1 aromatic carbocycles. The van der Waals surface area contributed by atoms with Crippen molar-refractivity contribution in [3.8, 4) is 28.7 Å². The van der Waals surface area contributed by atoms with Crippen LogP contribution in [0.1, 0.15) is 6.92 Å². The number of carbonyl (C=O) groups excluding carboxylic acids is 1. The van der Waals surface area contributed by atoms with Gasteiger partial charge in [-0.3, -0.25) is 14.6 Å². The maximum Gasteiger partial charge on any atom is 0.252 e. The zero-order valence-electron chi connectivity index (χ0n) is 14.3. The van der Waals surface area contributed by atoms with Crippen LogP contribution in [0.15, 0.2) is 70.1 Å². The molecule has 0 aliphatic carbocycles. The fourth-order valence-corrected chi connectivity index (χ4v) is 2.66. The van der Waals surface area contributed by atoms with E-state index in [1.54, 1.807) is 18.2 Å². The number of H-pyrrole nitrogens is 1. The molecule has 8 nitrogen and oxygen atoms in total. The molecule has 4 rings (SSSR count). The molecular formula is C19H15N5O3. The molecule has 8 heteroatoms. The van der Waals surface area contributed by atoms with E-state index >= 15 is 0 Å². The first-order chi connectivity index (χ1) is 13.1. The molecule has 0 bridgehead atoms. The Labute approximate surface area is 153 Å². The largest absolute Gasteiger partial charge is 0.463 e. The van der Waals surface area contributed by atoms with Crippen molar-refractivity contribution in [2.45, 2.75) is 6.92 Å². The number of aromatic amines is 1. The second-order valence-electron chi connectivity index (χ2n) is 5.81. The van der Waals surface area contributed by atoms with E-state index in [1.807, 2.05) is 30.3 Å². The molecule has 0 fully saturated rings. The van der Waals surface area contributed by atoms with Crippen molar-refractivity contribution in [1.82, 2.24) is 19.7 Å². The van der Waals surface area contributed by atoms with Crippen LogP contribution in [-0.2, 0) is 4.79 Å². The van der Waals surface area contributed by atoms with E-state index in [4.69, 9.17) is 4.42 Å². The predicted molar refractivity (Wildman–Crippen MR) is 99.4 cm³/mol. The molecule has 0 unspecified atom stereocenters. The van der Waals surface area contributed by atoms with Gasteiger partial charge in [0, 0.05) is 24.6 Å². The van der Waals surface area contributed by atoms with Crippen molar-refractivity contribution in [1.29, 1.82) is 0 Å². The monoisotopic (exact) mass is 361 g/mol. The van der Waals surface area contributed by atoms with Crippen LogP contribution in [-0.4, -0.2) is 25.7 Å². The summed E-state index contributed by atoms with van der Waals surface area (Å²) in [5.41, 5.74) is 1.46. The number of benzene rings is 1. The maximum absolute atomic E-state index is 12.2. The smallest absolute Gasteiger partial charge is 0.252 e. The Balaban J connectivity index is 1.86. The first-order valence-electron chi connectivity index (χ1n) is 8.19. The summed E-state index contributed by atoms with van der Waals surface area (Å²) in [4.78, 5) is 30.9. The van der Waals surface area contributed by atoms with Crippen LogP contribution in [0, 0.1) is 0 Å². The first-order valence-corrected chi connectivity index (χ1v) is 8.19. The molecule has 1 amide bonds. The Morgan fingerprint density at radius 2 is 1.93 bits per heavy atom. The topological polar surface area (TPSA) is 106 Å². The van der Waals surface area contributed by atoms with Gasteiger partial charge >= 0.3 is 0 Å². The van der Waals surface area contributed by atoms with Gasteiger partial charge in [0.2, 0.25) is 11.9 Å². The third-order valence-corrected chi connectivity index (χ3v) is 3.79. The molecular weight excluding hydrogens is 346 g/mol. The van der Waals surface area contributed by atoms with Gasteiger partial charge in [0.1, 0.15) is 11.5 Å². The summed E-state index contributed by atoms with van der Waals surface area (Å²) in [6.07, 6.45) is 1.53. The van der Waals surface area contributed by atoms with Gasteiger partial charge in [0.05, 0.1) is 12.0 Å². The van der Waals surface area contributed by atoms with Gasteiger partial charge in [0.25, 0.3) is 5.56 Å². The third kappa shape index (κ3) is 3.40. The minimum absolute atomic E-state index is 0.183. The van der Waals surface area contributed by atoms with Gasteiger partial charge in [0.15, 0.2) is 5.76 Å². The van der Waals surface area contributed by atoms with Gasteiger partial charge in [-0.1, -0.05) is 30.3 Å². The second kappa shape index (κ2) is 6.75. The van der Waals surface area contributed by atoms with Gasteiger partial charge in [-0.15, -0.1) is 0 Å². The number of furan rings is 1. The van der Waals surface area contributed by atoms with Gasteiger partial charge < -0.3 is 9.73 Å².